The van der Waals surface area contributed by atoms with Crippen LogP contribution < -0.4 is 5.32 Å². The molecule has 0 unspecified atom stereocenters. The van der Waals surface area contributed by atoms with Crippen LogP contribution in [0.5, 0.6) is 0 Å². The highest BCUT2D eigenvalue weighted by Gasteiger charge is 2.09. The van der Waals surface area contributed by atoms with Gasteiger partial charge in [-0.3, -0.25) is 4.79 Å². The fourth-order valence-corrected chi connectivity index (χ4v) is 2.60. The summed E-state index contributed by atoms with van der Waals surface area (Å²) in [7, 11) is 0. The Kier molecular flexibility index (Phi) is 4.47. The van der Waals surface area contributed by atoms with E-state index in [0.717, 1.165) is 5.56 Å². The number of aromatic nitrogens is 3. The first-order valence-electron chi connectivity index (χ1n) is 6.79. The van der Waals surface area contributed by atoms with Crippen LogP contribution in [0.4, 0.5) is 10.1 Å². The average Bonchev–Trinajstić information content (AvgIpc) is 2.99. The number of carbonyl (C=O) groups excluding carboxylic acids is 1. The highest BCUT2D eigenvalue weighted by atomic mass is 79.9. The molecule has 116 valence electrons. The Morgan fingerprint density at radius 2 is 2.13 bits per heavy atom. The third kappa shape index (κ3) is 4.01. The summed E-state index contributed by atoms with van der Waals surface area (Å²) in [6.07, 6.45) is 3.09. The molecule has 7 heteroatoms. The Morgan fingerprint density at radius 1 is 1.26 bits per heavy atom. The number of nitrogens with one attached hydrogen (secondary N) is 1. The molecule has 1 amide bonds. The van der Waals surface area contributed by atoms with Gasteiger partial charge in [0.05, 0.1) is 6.54 Å². The maximum absolute atomic E-state index is 13.4. The molecule has 0 saturated heterocycles. The predicted molar refractivity (Wildman–Crippen MR) is 87.6 cm³/mol. The third-order valence-corrected chi connectivity index (χ3v) is 3.58. The van der Waals surface area contributed by atoms with Gasteiger partial charge in [0.1, 0.15) is 18.5 Å². The molecule has 0 aliphatic rings. The van der Waals surface area contributed by atoms with Gasteiger partial charge in [0.2, 0.25) is 0 Å². The topological polar surface area (TPSA) is 59.8 Å². The lowest BCUT2D eigenvalue weighted by molar-refractivity contribution is 0.102. The summed E-state index contributed by atoms with van der Waals surface area (Å²) < 4.78 is 15.6. The zero-order chi connectivity index (χ0) is 16.2. The molecule has 23 heavy (non-hydrogen) atoms. The Labute approximate surface area is 140 Å². The van der Waals surface area contributed by atoms with E-state index in [-0.39, 0.29) is 11.5 Å². The minimum atomic E-state index is -0.468. The van der Waals surface area contributed by atoms with Crippen LogP contribution in [-0.2, 0) is 6.54 Å². The molecule has 1 heterocycles. The highest BCUT2D eigenvalue weighted by molar-refractivity contribution is 9.10. The minimum Gasteiger partial charge on any atom is -0.322 e. The van der Waals surface area contributed by atoms with E-state index in [1.54, 1.807) is 23.1 Å². The first-order valence-corrected chi connectivity index (χ1v) is 7.58. The summed E-state index contributed by atoms with van der Waals surface area (Å²) >= 11 is 3.18. The smallest absolute Gasteiger partial charge is 0.255 e. The molecule has 5 nitrogen and oxygen atoms in total. The molecular formula is C16H12BrFN4O. The Balaban J connectivity index is 1.75. The summed E-state index contributed by atoms with van der Waals surface area (Å²) in [4.78, 5) is 16.1. The predicted octanol–water partition coefficient (Wildman–Crippen LogP) is 3.48. The van der Waals surface area contributed by atoms with Crippen LogP contribution in [0, 0.1) is 5.82 Å². The van der Waals surface area contributed by atoms with Crippen molar-refractivity contribution in [2.24, 2.45) is 0 Å². The summed E-state index contributed by atoms with van der Waals surface area (Å²) in [5, 5.41) is 6.80. The fourth-order valence-electron chi connectivity index (χ4n) is 2.14. The third-order valence-electron chi connectivity index (χ3n) is 3.12. The van der Waals surface area contributed by atoms with Crippen molar-refractivity contribution in [3.63, 3.8) is 0 Å². The second-order valence-corrected chi connectivity index (χ2v) is 5.82. The molecule has 1 N–H and O–H groups in total. The van der Waals surface area contributed by atoms with Crippen molar-refractivity contribution < 1.29 is 9.18 Å². The molecule has 0 radical (unpaired) electrons. The minimum absolute atomic E-state index is 0.249. The van der Waals surface area contributed by atoms with E-state index in [9.17, 15) is 9.18 Å². The summed E-state index contributed by atoms with van der Waals surface area (Å²) in [6.45, 7) is 0.551. The fraction of sp³-hybridized carbons (Fsp3) is 0.0625. The SMILES string of the molecule is O=C(Nc1cccc(Cn2cncn2)c1)c1cc(F)cc(Br)c1. The van der Waals surface area contributed by atoms with Gasteiger partial charge in [-0.2, -0.15) is 5.10 Å². The molecule has 0 fully saturated rings. The number of nitrogens with zero attached hydrogens (tertiary/aromatic N) is 3. The number of amides is 1. The van der Waals surface area contributed by atoms with E-state index in [4.69, 9.17) is 0 Å². The van der Waals surface area contributed by atoms with E-state index in [1.807, 2.05) is 18.2 Å². The number of hydrogen-bond acceptors (Lipinski definition) is 3. The van der Waals surface area contributed by atoms with Gasteiger partial charge >= 0.3 is 0 Å². The van der Waals surface area contributed by atoms with Crippen molar-refractivity contribution >= 4 is 27.5 Å². The van der Waals surface area contributed by atoms with Gasteiger partial charge in [-0.1, -0.05) is 28.1 Å². The van der Waals surface area contributed by atoms with Gasteiger partial charge in [0.25, 0.3) is 5.91 Å². The maximum atomic E-state index is 13.4. The normalized spacial score (nSPS) is 10.5. The molecule has 3 rings (SSSR count). The molecule has 2 aromatic carbocycles. The van der Waals surface area contributed by atoms with Crippen molar-refractivity contribution in [1.82, 2.24) is 14.8 Å². The number of halogens is 2. The van der Waals surface area contributed by atoms with Crippen molar-refractivity contribution in [1.29, 1.82) is 0 Å². The van der Waals surface area contributed by atoms with Crippen LogP contribution >= 0.6 is 15.9 Å². The van der Waals surface area contributed by atoms with Crippen molar-refractivity contribution in [3.8, 4) is 0 Å². The lowest BCUT2D eigenvalue weighted by Gasteiger charge is -2.08. The Bertz CT molecular complexity index is 816. The van der Waals surface area contributed by atoms with Gasteiger partial charge in [0, 0.05) is 15.7 Å². The lowest BCUT2D eigenvalue weighted by atomic mass is 10.1. The van der Waals surface area contributed by atoms with Crippen molar-refractivity contribution in [3.05, 3.63) is 76.5 Å². The molecule has 0 spiro atoms. The maximum Gasteiger partial charge on any atom is 0.255 e. The van der Waals surface area contributed by atoms with E-state index < -0.39 is 5.82 Å². The second kappa shape index (κ2) is 6.70. The number of rotatable bonds is 4. The molecular weight excluding hydrogens is 363 g/mol. The number of benzene rings is 2. The summed E-state index contributed by atoms with van der Waals surface area (Å²) in [6, 6.07) is 11.4. The average molecular weight is 375 g/mol. The van der Waals surface area contributed by atoms with Crippen molar-refractivity contribution in [2.45, 2.75) is 6.54 Å². The van der Waals surface area contributed by atoms with Crippen molar-refractivity contribution in [2.75, 3.05) is 5.32 Å². The van der Waals surface area contributed by atoms with Gasteiger partial charge in [-0.25, -0.2) is 14.1 Å². The number of anilines is 1. The molecule has 0 saturated carbocycles. The standard InChI is InChI=1S/C16H12BrFN4O/c17-13-5-12(6-14(18)7-13)16(23)21-15-3-1-2-11(4-15)8-22-10-19-9-20-22/h1-7,9-10H,8H2,(H,21,23). The Morgan fingerprint density at radius 3 is 2.87 bits per heavy atom. The first-order chi connectivity index (χ1) is 11.1. The van der Waals surface area contributed by atoms with Crippen LogP contribution in [-0.4, -0.2) is 20.7 Å². The zero-order valence-corrected chi connectivity index (χ0v) is 13.5. The summed E-state index contributed by atoms with van der Waals surface area (Å²) in [5.74, 6) is -0.840. The quantitative estimate of drug-likeness (QED) is 0.760. The van der Waals surface area contributed by atoms with E-state index in [0.29, 0.717) is 16.7 Å². The van der Waals surface area contributed by atoms with Gasteiger partial charge < -0.3 is 5.32 Å². The second-order valence-electron chi connectivity index (χ2n) is 4.91. The van der Waals surface area contributed by atoms with E-state index in [1.165, 1.54) is 18.5 Å². The van der Waals surface area contributed by atoms with Gasteiger partial charge in [-0.15, -0.1) is 0 Å². The lowest BCUT2D eigenvalue weighted by Crippen LogP contribution is -2.12. The zero-order valence-electron chi connectivity index (χ0n) is 11.9. The van der Waals surface area contributed by atoms with E-state index >= 15 is 0 Å². The molecule has 1 aromatic heterocycles. The molecule has 0 aliphatic heterocycles. The monoisotopic (exact) mass is 374 g/mol. The van der Waals surface area contributed by atoms with Crippen LogP contribution in [0.2, 0.25) is 0 Å². The molecule has 0 atom stereocenters. The molecule has 0 aliphatic carbocycles. The number of carbonyl (C=O) groups is 1. The van der Waals surface area contributed by atoms with E-state index in [2.05, 4.69) is 31.3 Å². The molecule has 0 bridgehead atoms. The van der Waals surface area contributed by atoms with Crippen LogP contribution in [0.25, 0.3) is 0 Å². The first kappa shape index (κ1) is 15.4. The van der Waals surface area contributed by atoms with Crippen LogP contribution in [0.3, 0.4) is 0 Å². The highest BCUT2D eigenvalue weighted by Crippen LogP contribution is 2.17. The van der Waals surface area contributed by atoms with Gasteiger partial charge in [0.15, 0.2) is 0 Å². The van der Waals surface area contributed by atoms with Crippen LogP contribution in [0.15, 0.2) is 59.6 Å². The largest absolute Gasteiger partial charge is 0.322 e. The van der Waals surface area contributed by atoms with Crippen LogP contribution in [0.1, 0.15) is 15.9 Å². The molecule has 3 aromatic rings. The number of hydrogen-bond donors (Lipinski definition) is 1. The Hall–Kier alpha value is -2.54. The van der Waals surface area contributed by atoms with Gasteiger partial charge in [-0.05, 0) is 35.9 Å². The summed E-state index contributed by atoms with van der Waals surface area (Å²) in [5.41, 5.74) is 1.85.